The van der Waals surface area contributed by atoms with Gasteiger partial charge >= 0.3 is 6.09 Å². The summed E-state index contributed by atoms with van der Waals surface area (Å²) in [6.07, 6.45) is -0.851. The minimum atomic E-state index is -0.851. The molecule has 0 radical (unpaired) electrons. The zero-order valence-electron chi connectivity index (χ0n) is 14.2. The van der Waals surface area contributed by atoms with E-state index < -0.39 is 17.9 Å². The van der Waals surface area contributed by atoms with E-state index in [1.807, 2.05) is 6.92 Å². The lowest BCUT2D eigenvalue weighted by Gasteiger charge is -2.09. The smallest absolute Gasteiger partial charge is 0.414 e. The third-order valence-corrected chi connectivity index (χ3v) is 5.19. The first kappa shape index (κ1) is 20.2. The van der Waals surface area contributed by atoms with Crippen molar-refractivity contribution in [2.45, 2.75) is 20.8 Å². The SMILES string of the molecule is CCOC(=O)NC(=O)c1c(NC(=O)c2cc(Cl)ccc2Cl)sc(C)c1C. The predicted molar refractivity (Wildman–Crippen MR) is 103 cm³/mol. The molecule has 0 saturated heterocycles. The van der Waals surface area contributed by atoms with E-state index in [0.717, 1.165) is 4.88 Å². The lowest BCUT2D eigenvalue weighted by Crippen LogP contribution is -2.32. The van der Waals surface area contributed by atoms with Crippen LogP contribution in [0.1, 0.15) is 38.1 Å². The number of aryl methyl sites for hydroxylation is 1. The number of carbonyl (C=O) groups excluding carboxylic acids is 3. The quantitative estimate of drug-likeness (QED) is 0.751. The Morgan fingerprint density at radius 3 is 2.50 bits per heavy atom. The lowest BCUT2D eigenvalue weighted by molar-refractivity contribution is 0.0925. The fourth-order valence-electron chi connectivity index (χ4n) is 2.15. The van der Waals surface area contributed by atoms with Gasteiger partial charge in [-0.3, -0.25) is 14.9 Å². The van der Waals surface area contributed by atoms with E-state index in [9.17, 15) is 14.4 Å². The highest BCUT2D eigenvalue weighted by molar-refractivity contribution is 7.16. The van der Waals surface area contributed by atoms with E-state index in [2.05, 4.69) is 10.6 Å². The summed E-state index contributed by atoms with van der Waals surface area (Å²) in [5.74, 6) is -1.17. The Hall–Kier alpha value is -2.09. The molecule has 0 aliphatic carbocycles. The molecule has 0 atom stereocenters. The number of hydrogen-bond acceptors (Lipinski definition) is 5. The van der Waals surface area contributed by atoms with E-state index in [4.69, 9.17) is 27.9 Å². The highest BCUT2D eigenvalue weighted by Crippen LogP contribution is 2.33. The lowest BCUT2D eigenvalue weighted by atomic mass is 10.1. The molecule has 0 fully saturated rings. The van der Waals surface area contributed by atoms with Crippen LogP contribution in [0.4, 0.5) is 9.80 Å². The number of imide groups is 1. The molecule has 3 amide bonds. The number of carbonyl (C=O) groups is 3. The minimum Gasteiger partial charge on any atom is -0.450 e. The maximum absolute atomic E-state index is 12.5. The van der Waals surface area contributed by atoms with Gasteiger partial charge in [-0.05, 0) is 44.5 Å². The number of anilines is 1. The Morgan fingerprint density at radius 2 is 1.85 bits per heavy atom. The number of hydrogen-bond donors (Lipinski definition) is 2. The summed E-state index contributed by atoms with van der Waals surface area (Å²) in [6, 6.07) is 4.52. The number of halogens is 2. The third kappa shape index (κ3) is 4.55. The van der Waals surface area contributed by atoms with E-state index in [1.165, 1.54) is 23.5 Å². The molecule has 2 aromatic rings. The number of amides is 3. The van der Waals surface area contributed by atoms with Crippen LogP contribution in [0, 0.1) is 13.8 Å². The Balaban J connectivity index is 2.31. The fraction of sp³-hybridized carbons (Fsp3) is 0.235. The van der Waals surface area contributed by atoms with Gasteiger partial charge in [0.05, 0.1) is 22.8 Å². The summed E-state index contributed by atoms with van der Waals surface area (Å²) in [5, 5.41) is 5.70. The maximum atomic E-state index is 12.5. The first-order valence-corrected chi connectivity index (χ1v) is 9.16. The van der Waals surface area contributed by atoms with Crippen molar-refractivity contribution < 1.29 is 19.1 Å². The molecular weight excluding hydrogens is 399 g/mol. The molecule has 0 spiro atoms. The van der Waals surface area contributed by atoms with Crippen LogP contribution in [0.5, 0.6) is 0 Å². The van der Waals surface area contributed by atoms with E-state index in [0.29, 0.717) is 15.6 Å². The number of nitrogens with one attached hydrogen (secondary N) is 2. The Bertz CT molecular complexity index is 880. The Kier molecular flexibility index (Phi) is 6.63. The number of ether oxygens (including phenoxy) is 1. The highest BCUT2D eigenvalue weighted by Gasteiger charge is 2.23. The molecule has 6 nitrogen and oxygen atoms in total. The van der Waals surface area contributed by atoms with Crippen molar-refractivity contribution >= 4 is 57.4 Å². The molecule has 2 N–H and O–H groups in total. The molecule has 0 unspecified atom stereocenters. The van der Waals surface area contributed by atoms with Crippen molar-refractivity contribution in [3.05, 3.63) is 49.8 Å². The van der Waals surface area contributed by atoms with Gasteiger partial charge in [0, 0.05) is 9.90 Å². The van der Waals surface area contributed by atoms with E-state index in [1.54, 1.807) is 19.9 Å². The van der Waals surface area contributed by atoms with Crippen molar-refractivity contribution in [2.24, 2.45) is 0 Å². The average Bonchev–Trinajstić information content (AvgIpc) is 2.84. The van der Waals surface area contributed by atoms with Gasteiger partial charge in [-0.25, -0.2) is 4.79 Å². The molecule has 1 aromatic carbocycles. The number of rotatable bonds is 4. The van der Waals surface area contributed by atoms with Crippen LogP contribution in [0.15, 0.2) is 18.2 Å². The Morgan fingerprint density at radius 1 is 1.15 bits per heavy atom. The molecule has 9 heteroatoms. The monoisotopic (exact) mass is 414 g/mol. The minimum absolute atomic E-state index is 0.137. The number of alkyl carbamates (subject to hydrolysis) is 1. The van der Waals surface area contributed by atoms with Crippen molar-refractivity contribution in [1.29, 1.82) is 0 Å². The second kappa shape index (κ2) is 8.53. The summed E-state index contributed by atoms with van der Waals surface area (Å²) in [7, 11) is 0. The van der Waals surface area contributed by atoms with Gasteiger partial charge in [-0.2, -0.15) is 0 Å². The van der Waals surface area contributed by atoms with Crippen molar-refractivity contribution in [3.63, 3.8) is 0 Å². The van der Waals surface area contributed by atoms with Gasteiger partial charge in [0.1, 0.15) is 5.00 Å². The molecule has 0 aliphatic rings. The van der Waals surface area contributed by atoms with E-state index >= 15 is 0 Å². The topological polar surface area (TPSA) is 84.5 Å². The zero-order chi connectivity index (χ0) is 19.4. The number of thiophene rings is 1. The molecule has 0 aliphatic heterocycles. The number of benzene rings is 1. The first-order valence-electron chi connectivity index (χ1n) is 7.59. The van der Waals surface area contributed by atoms with Gasteiger partial charge < -0.3 is 10.1 Å². The summed E-state index contributed by atoms with van der Waals surface area (Å²) < 4.78 is 4.71. The van der Waals surface area contributed by atoms with Crippen LogP contribution in [0.3, 0.4) is 0 Å². The second-order valence-corrected chi connectivity index (χ2v) is 7.31. The molecule has 138 valence electrons. The molecular formula is C17H16Cl2N2O4S. The standard InChI is InChI=1S/C17H16Cl2N2O4S/c1-4-25-17(24)21-15(23)13-8(2)9(3)26-16(13)20-14(22)11-7-10(18)5-6-12(11)19/h5-7H,4H2,1-3H3,(H,20,22)(H,21,23,24). The van der Waals surface area contributed by atoms with Crippen LogP contribution < -0.4 is 10.6 Å². The van der Waals surface area contributed by atoms with Gasteiger partial charge in [0.15, 0.2) is 0 Å². The highest BCUT2D eigenvalue weighted by atomic mass is 35.5. The summed E-state index contributed by atoms with van der Waals surface area (Å²) >= 11 is 13.2. The second-order valence-electron chi connectivity index (χ2n) is 5.24. The van der Waals surface area contributed by atoms with E-state index in [-0.39, 0.29) is 22.8 Å². The molecule has 1 heterocycles. The maximum Gasteiger partial charge on any atom is 0.414 e. The van der Waals surface area contributed by atoms with Crippen LogP contribution >= 0.6 is 34.5 Å². The molecule has 0 saturated carbocycles. The summed E-state index contributed by atoms with van der Waals surface area (Å²) in [4.78, 5) is 37.3. The average molecular weight is 415 g/mol. The molecule has 0 bridgehead atoms. The molecule has 2 rings (SSSR count). The van der Waals surface area contributed by atoms with Crippen molar-refractivity contribution in [2.75, 3.05) is 11.9 Å². The van der Waals surface area contributed by atoms with Crippen LogP contribution in [-0.2, 0) is 4.74 Å². The largest absolute Gasteiger partial charge is 0.450 e. The van der Waals surface area contributed by atoms with Gasteiger partial charge in [-0.1, -0.05) is 23.2 Å². The normalized spacial score (nSPS) is 10.3. The Labute approximate surface area is 164 Å². The molecule has 1 aromatic heterocycles. The van der Waals surface area contributed by atoms with Gasteiger partial charge in [-0.15, -0.1) is 11.3 Å². The first-order chi connectivity index (χ1) is 12.2. The summed E-state index contributed by atoms with van der Waals surface area (Å²) in [5.41, 5.74) is 1.04. The zero-order valence-corrected chi connectivity index (χ0v) is 16.6. The van der Waals surface area contributed by atoms with Gasteiger partial charge in [0.2, 0.25) is 0 Å². The molecule has 26 heavy (non-hydrogen) atoms. The fourth-order valence-corrected chi connectivity index (χ4v) is 3.58. The predicted octanol–water partition coefficient (Wildman–Crippen LogP) is 4.81. The van der Waals surface area contributed by atoms with Crippen LogP contribution in [0.25, 0.3) is 0 Å². The van der Waals surface area contributed by atoms with Crippen LogP contribution in [-0.4, -0.2) is 24.5 Å². The van der Waals surface area contributed by atoms with Crippen molar-refractivity contribution in [1.82, 2.24) is 5.32 Å². The summed E-state index contributed by atoms with van der Waals surface area (Å²) in [6.45, 7) is 5.30. The van der Waals surface area contributed by atoms with Crippen molar-refractivity contribution in [3.8, 4) is 0 Å². The van der Waals surface area contributed by atoms with Gasteiger partial charge in [0.25, 0.3) is 11.8 Å². The third-order valence-electron chi connectivity index (χ3n) is 3.50. The van der Waals surface area contributed by atoms with Crippen LogP contribution in [0.2, 0.25) is 10.0 Å².